The second-order valence-electron chi connectivity index (χ2n) is 4.90. The second-order valence-corrected chi connectivity index (χ2v) is 5.72. The van der Waals surface area contributed by atoms with Gasteiger partial charge in [0.25, 0.3) is 0 Å². The molecule has 0 bridgehead atoms. The molecule has 0 amide bonds. The number of aromatic hydroxyl groups is 3. The predicted octanol–water partition coefficient (Wildman–Crippen LogP) is 3.82. The molecule has 0 aliphatic carbocycles. The van der Waals surface area contributed by atoms with Gasteiger partial charge in [-0.2, -0.15) is 0 Å². The minimum absolute atomic E-state index is 0.0250. The fourth-order valence-electron chi connectivity index (χ4n) is 2.38. The fourth-order valence-corrected chi connectivity index (χ4v) is 2.89. The average Bonchev–Trinajstić information content (AvgIpc) is 2.42. The van der Waals surface area contributed by atoms with Crippen molar-refractivity contribution in [2.45, 2.75) is 12.5 Å². The van der Waals surface area contributed by atoms with Gasteiger partial charge in [-0.3, -0.25) is 4.79 Å². The van der Waals surface area contributed by atoms with Crippen LogP contribution in [0.15, 0.2) is 24.3 Å². The monoisotopic (exact) mass is 340 g/mol. The standard InChI is InChI=1S/C15H10Cl2O5/c16-8-1-6(2-9(17)15(8)21)12-5-11(20)14-10(19)3-7(18)4-13(14)22-12/h1-4,12,18-19,21H,5H2. The largest absolute Gasteiger partial charge is 0.508 e. The highest BCUT2D eigenvalue weighted by Crippen LogP contribution is 2.43. The predicted molar refractivity (Wildman–Crippen MR) is 80.2 cm³/mol. The van der Waals surface area contributed by atoms with Gasteiger partial charge in [0.15, 0.2) is 11.5 Å². The molecule has 7 heteroatoms. The van der Waals surface area contributed by atoms with E-state index in [-0.39, 0.29) is 50.8 Å². The molecular formula is C15H10Cl2O5. The first-order chi connectivity index (χ1) is 10.4. The number of ether oxygens (including phenoxy) is 1. The Morgan fingerprint density at radius 1 is 1.05 bits per heavy atom. The van der Waals surface area contributed by atoms with Gasteiger partial charge in [-0.15, -0.1) is 0 Å². The van der Waals surface area contributed by atoms with E-state index in [1.54, 1.807) is 0 Å². The molecule has 1 aliphatic heterocycles. The number of benzene rings is 2. The number of rotatable bonds is 1. The van der Waals surface area contributed by atoms with Crippen LogP contribution in [0.3, 0.4) is 0 Å². The van der Waals surface area contributed by atoms with E-state index in [1.807, 2.05) is 0 Å². The van der Waals surface area contributed by atoms with Crippen LogP contribution in [0.1, 0.15) is 28.4 Å². The highest BCUT2D eigenvalue weighted by molar-refractivity contribution is 6.37. The third kappa shape index (κ3) is 2.42. The molecule has 1 aliphatic rings. The van der Waals surface area contributed by atoms with E-state index < -0.39 is 6.10 Å². The third-order valence-electron chi connectivity index (χ3n) is 3.40. The van der Waals surface area contributed by atoms with Crippen LogP contribution in [0.4, 0.5) is 0 Å². The van der Waals surface area contributed by atoms with Crippen LogP contribution in [0.5, 0.6) is 23.0 Å². The van der Waals surface area contributed by atoms with Crippen molar-refractivity contribution in [3.63, 3.8) is 0 Å². The highest BCUT2D eigenvalue weighted by Gasteiger charge is 2.31. The Balaban J connectivity index is 2.04. The summed E-state index contributed by atoms with van der Waals surface area (Å²) in [6, 6.07) is 5.24. The van der Waals surface area contributed by atoms with Crippen LogP contribution < -0.4 is 4.74 Å². The summed E-state index contributed by atoms with van der Waals surface area (Å²) < 4.78 is 5.66. The van der Waals surface area contributed by atoms with Crippen molar-refractivity contribution < 1.29 is 24.9 Å². The summed E-state index contributed by atoms with van der Waals surface area (Å²) in [4.78, 5) is 12.2. The van der Waals surface area contributed by atoms with Gasteiger partial charge in [0.1, 0.15) is 28.9 Å². The lowest BCUT2D eigenvalue weighted by atomic mass is 9.95. The minimum Gasteiger partial charge on any atom is -0.508 e. The van der Waals surface area contributed by atoms with Gasteiger partial charge in [-0.1, -0.05) is 23.2 Å². The van der Waals surface area contributed by atoms with Gasteiger partial charge >= 0.3 is 0 Å². The Kier molecular flexibility index (Phi) is 3.54. The fraction of sp³-hybridized carbons (Fsp3) is 0.133. The molecule has 5 nitrogen and oxygen atoms in total. The van der Waals surface area contributed by atoms with Crippen molar-refractivity contribution in [3.05, 3.63) is 45.4 Å². The number of carbonyl (C=O) groups excluding carboxylic acids is 1. The summed E-state index contributed by atoms with van der Waals surface area (Å²) in [5, 5.41) is 28.9. The molecule has 3 N–H and O–H groups in total. The van der Waals surface area contributed by atoms with Crippen molar-refractivity contribution in [1.29, 1.82) is 0 Å². The van der Waals surface area contributed by atoms with Gasteiger partial charge in [0, 0.05) is 12.1 Å². The molecule has 3 rings (SSSR count). The Labute approximate surface area is 135 Å². The Morgan fingerprint density at radius 3 is 2.32 bits per heavy atom. The zero-order valence-electron chi connectivity index (χ0n) is 11.0. The average molecular weight is 341 g/mol. The summed E-state index contributed by atoms with van der Waals surface area (Å²) in [5.74, 6) is -1.04. The van der Waals surface area contributed by atoms with Crippen LogP contribution in [0.25, 0.3) is 0 Å². The van der Waals surface area contributed by atoms with E-state index in [9.17, 15) is 20.1 Å². The van der Waals surface area contributed by atoms with Crippen LogP contribution in [0.2, 0.25) is 10.0 Å². The van der Waals surface area contributed by atoms with Gasteiger partial charge in [0.05, 0.1) is 16.5 Å². The first-order valence-corrected chi connectivity index (χ1v) is 7.06. The molecule has 0 fully saturated rings. The van der Waals surface area contributed by atoms with Crippen molar-refractivity contribution in [3.8, 4) is 23.0 Å². The quantitative estimate of drug-likeness (QED) is 0.734. The molecule has 1 atom stereocenters. The van der Waals surface area contributed by atoms with Gasteiger partial charge in [0.2, 0.25) is 0 Å². The topological polar surface area (TPSA) is 87.0 Å². The number of Topliss-reactive ketones (excluding diaryl/α,β-unsaturated/α-hetero) is 1. The highest BCUT2D eigenvalue weighted by atomic mass is 35.5. The SMILES string of the molecule is O=C1CC(c2cc(Cl)c(O)c(Cl)c2)Oc2cc(O)cc(O)c21. The first kappa shape index (κ1) is 14.8. The maximum Gasteiger partial charge on any atom is 0.174 e. The third-order valence-corrected chi connectivity index (χ3v) is 3.97. The summed E-state index contributed by atoms with van der Waals surface area (Å²) in [7, 11) is 0. The van der Waals surface area contributed by atoms with Crippen LogP contribution in [-0.2, 0) is 0 Å². The van der Waals surface area contributed by atoms with Gasteiger partial charge in [-0.05, 0) is 17.7 Å². The van der Waals surface area contributed by atoms with Crippen LogP contribution in [-0.4, -0.2) is 21.1 Å². The lowest BCUT2D eigenvalue weighted by Gasteiger charge is -2.26. The molecule has 0 saturated heterocycles. The van der Waals surface area contributed by atoms with Crippen molar-refractivity contribution >= 4 is 29.0 Å². The molecule has 2 aromatic rings. The van der Waals surface area contributed by atoms with E-state index in [0.29, 0.717) is 5.56 Å². The van der Waals surface area contributed by atoms with Gasteiger partial charge in [-0.25, -0.2) is 0 Å². The molecule has 1 unspecified atom stereocenters. The summed E-state index contributed by atoms with van der Waals surface area (Å²) >= 11 is 11.7. The Hall–Kier alpha value is -2.11. The number of halogens is 2. The van der Waals surface area contributed by atoms with Crippen LogP contribution in [0, 0.1) is 0 Å². The molecule has 114 valence electrons. The number of hydrogen-bond donors (Lipinski definition) is 3. The number of carbonyl (C=O) groups is 1. The number of fused-ring (bicyclic) bond motifs is 1. The zero-order chi connectivity index (χ0) is 16.0. The van der Waals surface area contributed by atoms with E-state index in [0.717, 1.165) is 6.07 Å². The molecule has 0 spiro atoms. The van der Waals surface area contributed by atoms with E-state index >= 15 is 0 Å². The van der Waals surface area contributed by atoms with Crippen LogP contribution >= 0.6 is 23.2 Å². The second kappa shape index (κ2) is 5.26. The molecule has 0 radical (unpaired) electrons. The number of phenols is 3. The van der Waals surface area contributed by atoms with E-state index in [4.69, 9.17) is 27.9 Å². The lowest BCUT2D eigenvalue weighted by Crippen LogP contribution is -2.20. The van der Waals surface area contributed by atoms with Gasteiger partial charge < -0.3 is 20.1 Å². The van der Waals surface area contributed by atoms with E-state index in [1.165, 1.54) is 18.2 Å². The molecule has 0 saturated carbocycles. The molecule has 22 heavy (non-hydrogen) atoms. The summed E-state index contributed by atoms with van der Waals surface area (Å²) in [6.45, 7) is 0. The Morgan fingerprint density at radius 2 is 1.68 bits per heavy atom. The normalized spacial score (nSPS) is 17.0. The molecule has 1 heterocycles. The number of hydrogen-bond acceptors (Lipinski definition) is 5. The number of ketones is 1. The summed E-state index contributed by atoms with van der Waals surface area (Å²) in [6.07, 6.45) is -0.709. The van der Waals surface area contributed by atoms with Crippen molar-refractivity contribution in [1.82, 2.24) is 0 Å². The first-order valence-electron chi connectivity index (χ1n) is 6.30. The molecule has 2 aromatic carbocycles. The van der Waals surface area contributed by atoms with E-state index in [2.05, 4.69) is 0 Å². The minimum atomic E-state index is -0.684. The molecule has 0 aromatic heterocycles. The Bertz CT molecular complexity index is 765. The lowest BCUT2D eigenvalue weighted by molar-refractivity contribution is 0.0845. The number of phenolic OH excluding ortho intramolecular Hbond substituents is 3. The zero-order valence-corrected chi connectivity index (χ0v) is 12.5. The molecular weight excluding hydrogens is 331 g/mol. The smallest absolute Gasteiger partial charge is 0.174 e. The summed E-state index contributed by atoms with van der Waals surface area (Å²) in [5.41, 5.74) is 0.541. The maximum absolute atomic E-state index is 12.2. The van der Waals surface area contributed by atoms with Crippen molar-refractivity contribution in [2.24, 2.45) is 0 Å². The van der Waals surface area contributed by atoms with Crippen molar-refractivity contribution in [2.75, 3.05) is 0 Å². The maximum atomic E-state index is 12.2.